The minimum absolute atomic E-state index is 0.151. The molecular formula is C7H6N4O. The van der Waals surface area contributed by atoms with E-state index in [1.54, 1.807) is 19.3 Å². The summed E-state index contributed by atoms with van der Waals surface area (Å²) in [6, 6.07) is 1.63. The van der Waals surface area contributed by atoms with Gasteiger partial charge < -0.3 is 0 Å². The highest BCUT2D eigenvalue weighted by Crippen LogP contribution is 1.99. The second-order valence-electron chi connectivity index (χ2n) is 2.41. The molecule has 0 fully saturated rings. The first kappa shape index (κ1) is 6.90. The maximum absolute atomic E-state index is 11.4. The summed E-state index contributed by atoms with van der Waals surface area (Å²) in [7, 11) is 1.56. The first-order valence-corrected chi connectivity index (χ1v) is 3.43. The van der Waals surface area contributed by atoms with E-state index in [1.165, 1.54) is 10.9 Å². The van der Waals surface area contributed by atoms with Crippen LogP contribution < -0.4 is 5.56 Å². The first-order chi connectivity index (χ1) is 5.79. The number of aryl methyl sites for hydroxylation is 1. The topological polar surface area (TPSA) is 60.7 Å². The van der Waals surface area contributed by atoms with E-state index in [9.17, 15) is 4.79 Å². The lowest BCUT2D eigenvalue weighted by atomic mass is 10.3. The molecule has 5 nitrogen and oxygen atoms in total. The minimum atomic E-state index is -0.151. The molecular weight excluding hydrogens is 156 g/mol. The van der Waals surface area contributed by atoms with Crippen LogP contribution in [0.5, 0.6) is 0 Å². The van der Waals surface area contributed by atoms with Gasteiger partial charge in [-0.1, -0.05) is 5.21 Å². The number of hydrogen-bond donors (Lipinski definition) is 0. The fraction of sp³-hybridized carbons (Fsp3) is 0.143. The molecule has 0 saturated carbocycles. The van der Waals surface area contributed by atoms with Crippen molar-refractivity contribution >= 4 is 10.9 Å². The lowest BCUT2D eigenvalue weighted by molar-refractivity contribution is 0.656. The summed E-state index contributed by atoms with van der Waals surface area (Å²) in [5.74, 6) is 0. The molecule has 5 heteroatoms. The van der Waals surface area contributed by atoms with Crippen molar-refractivity contribution in [1.29, 1.82) is 0 Å². The van der Waals surface area contributed by atoms with Crippen LogP contribution in [0.15, 0.2) is 23.3 Å². The van der Waals surface area contributed by atoms with E-state index in [4.69, 9.17) is 0 Å². The van der Waals surface area contributed by atoms with Crippen molar-refractivity contribution in [3.05, 3.63) is 28.8 Å². The van der Waals surface area contributed by atoms with E-state index >= 15 is 0 Å². The number of fused-ring (bicyclic) bond motifs is 1. The minimum Gasteiger partial charge on any atom is -0.267 e. The van der Waals surface area contributed by atoms with E-state index in [-0.39, 0.29) is 5.56 Å². The summed E-state index contributed by atoms with van der Waals surface area (Å²) in [4.78, 5) is 15.2. The van der Waals surface area contributed by atoms with Crippen LogP contribution >= 0.6 is 0 Å². The van der Waals surface area contributed by atoms with E-state index in [0.29, 0.717) is 10.9 Å². The standard InChI is InChI=1S/C7H6N4O/c1-11-7(12)5-2-3-8-4-6(5)9-10-11/h2-4H,1H3. The Hall–Kier alpha value is -1.78. The van der Waals surface area contributed by atoms with E-state index in [2.05, 4.69) is 15.3 Å². The third-order valence-electron chi connectivity index (χ3n) is 1.61. The van der Waals surface area contributed by atoms with Gasteiger partial charge in [-0.05, 0) is 6.07 Å². The van der Waals surface area contributed by atoms with E-state index in [0.717, 1.165) is 0 Å². The highest BCUT2D eigenvalue weighted by molar-refractivity contribution is 5.75. The van der Waals surface area contributed by atoms with Gasteiger partial charge in [0.15, 0.2) is 0 Å². The number of hydrogen-bond acceptors (Lipinski definition) is 4. The highest BCUT2D eigenvalue weighted by Gasteiger charge is 2.00. The highest BCUT2D eigenvalue weighted by atomic mass is 16.1. The lowest BCUT2D eigenvalue weighted by Crippen LogP contribution is -2.20. The van der Waals surface area contributed by atoms with Crippen LogP contribution in [0.25, 0.3) is 10.9 Å². The Morgan fingerprint density at radius 3 is 3.17 bits per heavy atom. The second kappa shape index (κ2) is 2.37. The van der Waals surface area contributed by atoms with Gasteiger partial charge >= 0.3 is 0 Å². The van der Waals surface area contributed by atoms with Gasteiger partial charge in [-0.2, -0.15) is 0 Å². The summed E-state index contributed by atoms with van der Waals surface area (Å²) < 4.78 is 1.20. The van der Waals surface area contributed by atoms with Crippen LogP contribution in [-0.4, -0.2) is 20.0 Å². The molecule has 0 aliphatic heterocycles. The van der Waals surface area contributed by atoms with Crippen LogP contribution in [0.2, 0.25) is 0 Å². The molecule has 0 aliphatic rings. The van der Waals surface area contributed by atoms with Crippen LogP contribution in [0.1, 0.15) is 0 Å². The Balaban J connectivity index is 3.01. The number of nitrogens with zero attached hydrogens (tertiary/aromatic N) is 4. The zero-order valence-corrected chi connectivity index (χ0v) is 6.43. The lowest BCUT2D eigenvalue weighted by Gasteiger charge is -1.95. The van der Waals surface area contributed by atoms with Crippen molar-refractivity contribution in [3.8, 4) is 0 Å². The number of rotatable bonds is 0. The molecule has 0 atom stereocenters. The quantitative estimate of drug-likeness (QED) is 0.534. The molecule has 2 rings (SSSR count). The Morgan fingerprint density at radius 1 is 1.50 bits per heavy atom. The van der Waals surface area contributed by atoms with E-state index < -0.39 is 0 Å². The second-order valence-corrected chi connectivity index (χ2v) is 2.41. The zero-order chi connectivity index (χ0) is 8.55. The normalized spacial score (nSPS) is 10.4. The number of aromatic nitrogens is 4. The summed E-state index contributed by atoms with van der Waals surface area (Å²) in [6.45, 7) is 0. The summed E-state index contributed by atoms with van der Waals surface area (Å²) in [5.41, 5.74) is 0.378. The largest absolute Gasteiger partial charge is 0.277 e. The molecule has 0 spiro atoms. The van der Waals surface area contributed by atoms with Crippen molar-refractivity contribution < 1.29 is 0 Å². The van der Waals surface area contributed by atoms with Crippen LogP contribution in [0.3, 0.4) is 0 Å². The molecule has 60 valence electrons. The van der Waals surface area contributed by atoms with Crippen molar-refractivity contribution in [2.75, 3.05) is 0 Å². The van der Waals surface area contributed by atoms with Gasteiger partial charge in [0.05, 0.1) is 11.6 Å². The maximum Gasteiger partial charge on any atom is 0.277 e. The predicted molar refractivity (Wildman–Crippen MR) is 42.6 cm³/mol. The molecule has 0 aliphatic carbocycles. The average Bonchev–Trinajstić information content (AvgIpc) is 2.12. The molecule has 0 amide bonds. The van der Waals surface area contributed by atoms with Gasteiger partial charge in [0.25, 0.3) is 5.56 Å². The van der Waals surface area contributed by atoms with Crippen molar-refractivity contribution in [1.82, 2.24) is 20.0 Å². The Kier molecular flexibility index (Phi) is 1.36. The Morgan fingerprint density at radius 2 is 2.33 bits per heavy atom. The zero-order valence-electron chi connectivity index (χ0n) is 6.43. The van der Waals surface area contributed by atoms with Gasteiger partial charge in [0.1, 0.15) is 5.52 Å². The van der Waals surface area contributed by atoms with Gasteiger partial charge in [-0.25, -0.2) is 4.68 Å². The fourth-order valence-corrected chi connectivity index (χ4v) is 0.977. The maximum atomic E-state index is 11.4. The molecule has 0 unspecified atom stereocenters. The summed E-state index contributed by atoms with van der Waals surface area (Å²) >= 11 is 0. The van der Waals surface area contributed by atoms with Crippen molar-refractivity contribution in [2.45, 2.75) is 0 Å². The van der Waals surface area contributed by atoms with Crippen LogP contribution in [-0.2, 0) is 7.05 Å². The third-order valence-corrected chi connectivity index (χ3v) is 1.61. The molecule has 0 aromatic carbocycles. The average molecular weight is 162 g/mol. The van der Waals surface area contributed by atoms with Gasteiger partial charge in [0.2, 0.25) is 0 Å². The molecule has 2 aromatic rings. The third kappa shape index (κ3) is 0.868. The van der Waals surface area contributed by atoms with Crippen molar-refractivity contribution in [3.63, 3.8) is 0 Å². The van der Waals surface area contributed by atoms with Gasteiger partial charge in [-0.15, -0.1) is 5.10 Å². The molecule has 0 N–H and O–H groups in total. The van der Waals surface area contributed by atoms with Crippen molar-refractivity contribution in [2.24, 2.45) is 7.05 Å². The molecule has 0 radical (unpaired) electrons. The van der Waals surface area contributed by atoms with Crippen LogP contribution in [0, 0.1) is 0 Å². The van der Waals surface area contributed by atoms with Gasteiger partial charge in [0, 0.05) is 13.2 Å². The monoisotopic (exact) mass is 162 g/mol. The molecule has 2 heterocycles. The summed E-state index contributed by atoms with van der Waals surface area (Å²) in [5, 5.41) is 7.96. The predicted octanol–water partition coefficient (Wildman–Crippen LogP) is -0.277. The van der Waals surface area contributed by atoms with E-state index in [1.807, 2.05) is 0 Å². The molecule has 0 saturated heterocycles. The van der Waals surface area contributed by atoms with Gasteiger partial charge in [-0.3, -0.25) is 9.78 Å². The number of pyridine rings is 1. The van der Waals surface area contributed by atoms with Crippen LogP contribution in [0.4, 0.5) is 0 Å². The molecule has 12 heavy (non-hydrogen) atoms. The smallest absolute Gasteiger partial charge is 0.267 e. The Labute approximate surface area is 67.7 Å². The Bertz CT molecular complexity index is 476. The summed E-state index contributed by atoms with van der Waals surface area (Å²) in [6.07, 6.45) is 3.08. The fourth-order valence-electron chi connectivity index (χ4n) is 0.977. The SMILES string of the molecule is Cn1nnc2cnccc2c1=O. The first-order valence-electron chi connectivity index (χ1n) is 3.43. The molecule has 0 bridgehead atoms. The molecule has 2 aromatic heterocycles.